The first kappa shape index (κ1) is 21.5. The highest BCUT2D eigenvalue weighted by Crippen LogP contribution is 2.28. The molecule has 0 heterocycles. The van der Waals surface area contributed by atoms with E-state index < -0.39 is 22.0 Å². The number of hydrogen-bond donors (Lipinski definition) is 1. The number of carbonyl (C=O) groups is 1. The van der Waals surface area contributed by atoms with Gasteiger partial charge < -0.3 is 5.32 Å². The Morgan fingerprint density at radius 3 is 2.04 bits per heavy atom. The van der Waals surface area contributed by atoms with E-state index >= 15 is 0 Å². The molecular formula is C19H22Cl2N2O3S. The number of nitrogens with zero attached hydrogens (tertiary/aromatic N) is 1. The molecule has 2 atom stereocenters. The van der Waals surface area contributed by atoms with E-state index in [0.717, 1.165) is 21.7 Å². The minimum absolute atomic E-state index is 0.237. The van der Waals surface area contributed by atoms with Crippen LogP contribution in [0.1, 0.15) is 31.0 Å². The van der Waals surface area contributed by atoms with Crippen LogP contribution < -0.4 is 9.62 Å². The van der Waals surface area contributed by atoms with Crippen LogP contribution in [0.15, 0.2) is 42.5 Å². The molecule has 0 aliphatic carbocycles. The lowest BCUT2D eigenvalue weighted by Gasteiger charge is -2.29. The first-order valence-corrected chi connectivity index (χ1v) is 10.9. The third-order valence-corrected chi connectivity index (χ3v) is 5.80. The van der Waals surface area contributed by atoms with E-state index in [9.17, 15) is 13.2 Å². The molecule has 8 heteroatoms. The predicted octanol–water partition coefficient (Wildman–Crippen LogP) is 4.33. The summed E-state index contributed by atoms with van der Waals surface area (Å²) in [5.74, 6) is -0.426. The summed E-state index contributed by atoms with van der Waals surface area (Å²) in [6.45, 7) is 5.35. The van der Waals surface area contributed by atoms with Gasteiger partial charge in [0.15, 0.2) is 0 Å². The molecule has 0 aliphatic rings. The number of hydrogen-bond acceptors (Lipinski definition) is 3. The summed E-state index contributed by atoms with van der Waals surface area (Å²) in [7, 11) is -3.75. The average Bonchev–Trinajstić information content (AvgIpc) is 2.53. The zero-order valence-electron chi connectivity index (χ0n) is 15.5. The van der Waals surface area contributed by atoms with E-state index in [0.29, 0.717) is 0 Å². The molecule has 1 amide bonds. The van der Waals surface area contributed by atoms with E-state index in [4.69, 9.17) is 23.2 Å². The Kier molecular flexibility index (Phi) is 6.78. The largest absolute Gasteiger partial charge is 0.348 e. The Hall–Kier alpha value is -1.76. The second-order valence-corrected chi connectivity index (χ2v) is 9.24. The van der Waals surface area contributed by atoms with Crippen LogP contribution in [0.2, 0.25) is 10.0 Å². The van der Waals surface area contributed by atoms with Crippen LogP contribution in [0.25, 0.3) is 0 Å². The number of aryl methyl sites for hydroxylation is 1. The van der Waals surface area contributed by atoms with Crippen LogP contribution in [0.5, 0.6) is 0 Å². The maximum atomic E-state index is 12.7. The molecule has 2 aromatic carbocycles. The standard InChI is InChI=1S/C19H22Cl2N2O3S/c1-12-5-7-15(8-6-12)13(2)22-19(24)14(3)23(27(4,25)26)18-10-16(20)9-17(21)11-18/h5-11,13-14H,1-4H3,(H,22,24). The smallest absolute Gasteiger partial charge is 0.244 e. The zero-order chi connectivity index (χ0) is 20.4. The van der Waals surface area contributed by atoms with Gasteiger partial charge >= 0.3 is 0 Å². The van der Waals surface area contributed by atoms with E-state index in [2.05, 4.69) is 5.32 Å². The van der Waals surface area contributed by atoms with Gasteiger partial charge in [-0.3, -0.25) is 9.10 Å². The molecule has 0 aromatic heterocycles. The lowest BCUT2D eigenvalue weighted by atomic mass is 10.1. The second-order valence-electron chi connectivity index (χ2n) is 6.50. The lowest BCUT2D eigenvalue weighted by Crippen LogP contribution is -2.48. The molecule has 2 unspecified atom stereocenters. The topological polar surface area (TPSA) is 66.5 Å². The fraction of sp³-hybridized carbons (Fsp3) is 0.316. The van der Waals surface area contributed by atoms with Gasteiger partial charge in [0.2, 0.25) is 15.9 Å². The molecule has 0 radical (unpaired) electrons. The normalized spacial score (nSPS) is 13.7. The van der Waals surface area contributed by atoms with E-state index in [-0.39, 0.29) is 21.8 Å². The molecule has 0 saturated heterocycles. The van der Waals surface area contributed by atoms with Crippen molar-refractivity contribution in [3.05, 3.63) is 63.6 Å². The number of nitrogens with one attached hydrogen (secondary N) is 1. The maximum Gasteiger partial charge on any atom is 0.244 e. The Labute approximate surface area is 170 Å². The summed E-state index contributed by atoms with van der Waals surface area (Å²) in [5.41, 5.74) is 2.28. The van der Waals surface area contributed by atoms with Crippen molar-refractivity contribution in [2.24, 2.45) is 0 Å². The van der Waals surface area contributed by atoms with Crippen molar-refractivity contribution >= 4 is 44.8 Å². The number of rotatable bonds is 6. The van der Waals surface area contributed by atoms with Crippen molar-refractivity contribution in [1.82, 2.24) is 5.32 Å². The van der Waals surface area contributed by atoms with Gasteiger partial charge in [0.1, 0.15) is 6.04 Å². The molecule has 146 valence electrons. The fourth-order valence-electron chi connectivity index (χ4n) is 2.75. The SMILES string of the molecule is Cc1ccc(C(C)NC(=O)C(C)N(c2cc(Cl)cc(Cl)c2)S(C)(=O)=O)cc1. The summed E-state index contributed by atoms with van der Waals surface area (Å²) in [6, 6.07) is 10.9. The van der Waals surface area contributed by atoms with Crippen LogP contribution in [0.3, 0.4) is 0 Å². The molecule has 0 fully saturated rings. The van der Waals surface area contributed by atoms with Gasteiger partial charge in [-0.05, 0) is 44.5 Å². The third kappa shape index (κ3) is 5.61. The molecule has 2 rings (SSSR count). The Bertz CT molecular complexity index is 910. The highest BCUT2D eigenvalue weighted by Gasteiger charge is 2.30. The van der Waals surface area contributed by atoms with E-state index in [1.165, 1.54) is 25.1 Å². The monoisotopic (exact) mass is 428 g/mol. The molecule has 1 N–H and O–H groups in total. The molecule has 0 bridgehead atoms. The van der Waals surface area contributed by atoms with Gasteiger partial charge in [-0.2, -0.15) is 0 Å². The van der Waals surface area contributed by atoms with Crippen LogP contribution in [0.4, 0.5) is 5.69 Å². The Morgan fingerprint density at radius 1 is 1.04 bits per heavy atom. The quantitative estimate of drug-likeness (QED) is 0.743. The summed E-state index contributed by atoms with van der Waals surface area (Å²) in [5, 5.41) is 3.42. The molecule has 2 aromatic rings. The molecule has 0 saturated carbocycles. The Balaban J connectivity index is 2.28. The second kappa shape index (κ2) is 8.50. The summed E-state index contributed by atoms with van der Waals surface area (Å²) < 4.78 is 25.7. The van der Waals surface area contributed by atoms with Crippen LogP contribution >= 0.6 is 23.2 Å². The fourth-order valence-corrected chi connectivity index (χ4v) is 4.42. The first-order chi connectivity index (χ1) is 12.5. The van der Waals surface area contributed by atoms with Crippen molar-refractivity contribution < 1.29 is 13.2 Å². The van der Waals surface area contributed by atoms with Gasteiger partial charge in [0.05, 0.1) is 18.0 Å². The number of halogens is 2. The number of benzene rings is 2. The molecular weight excluding hydrogens is 407 g/mol. The highest BCUT2D eigenvalue weighted by atomic mass is 35.5. The number of amides is 1. The van der Waals surface area contributed by atoms with Gasteiger partial charge in [0.25, 0.3) is 0 Å². The average molecular weight is 429 g/mol. The van der Waals surface area contributed by atoms with E-state index in [1.54, 1.807) is 0 Å². The molecule has 0 spiro atoms. The van der Waals surface area contributed by atoms with Crippen molar-refractivity contribution in [2.45, 2.75) is 32.9 Å². The number of sulfonamides is 1. The minimum atomic E-state index is -3.75. The summed E-state index contributed by atoms with van der Waals surface area (Å²) in [4.78, 5) is 12.7. The van der Waals surface area contributed by atoms with Crippen LogP contribution in [-0.4, -0.2) is 26.6 Å². The molecule has 27 heavy (non-hydrogen) atoms. The van der Waals surface area contributed by atoms with Gasteiger partial charge in [-0.15, -0.1) is 0 Å². The lowest BCUT2D eigenvalue weighted by molar-refractivity contribution is -0.122. The maximum absolute atomic E-state index is 12.7. The van der Waals surface area contributed by atoms with Gasteiger partial charge in [-0.25, -0.2) is 8.42 Å². The number of anilines is 1. The predicted molar refractivity (Wildman–Crippen MR) is 111 cm³/mol. The van der Waals surface area contributed by atoms with Crippen LogP contribution in [-0.2, 0) is 14.8 Å². The Morgan fingerprint density at radius 2 is 1.56 bits per heavy atom. The third-order valence-electron chi connectivity index (χ3n) is 4.13. The first-order valence-electron chi connectivity index (χ1n) is 8.31. The minimum Gasteiger partial charge on any atom is -0.348 e. The van der Waals surface area contributed by atoms with Crippen molar-refractivity contribution in [3.8, 4) is 0 Å². The summed E-state index contributed by atoms with van der Waals surface area (Å²) >= 11 is 12.0. The van der Waals surface area contributed by atoms with Crippen molar-refractivity contribution in [1.29, 1.82) is 0 Å². The highest BCUT2D eigenvalue weighted by molar-refractivity contribution is 7.92. The summed E-state index contributed by atoms with van der Waals surface area (Å²) in [6.07, 6.45) is 1.04. The van der Waals surface area contributed by atoms with Crippen LogP contribution in [0, 0.1) is 6.92 Å². The molecule has 5 nitrogen and oxygen atoms in total. The van der Waals surface area contributed by atoms with Gasteiger partial charge in [-0.1, -0.05) is 53.0 Å². The zero-order valence-corrected chi connectivity index (χ0v) is 17.9. The van der Waals surface area contributed by atoms with Crippen molar-refractivity contribution in [3.63, 3.8) is 0 Å². The van der Waals surface area contributed by atoms with E-state index in [1.807, 2.05) is 38.1 Å². The molecule has 0 aliphatic heterocycles. The van der Waals surface area contributed by atoms with Crippen molar-refractivity contribution in [2.75, 3.05) is 10.6 Å². The van der Waals surface area contributed by atoms with Gasteiger partial charge in [0, 0.05) is 10.0 Å². The number of carbonyl (C=O) groups excluding carboxylic acids is 1.